The highest BCUT2D eigenvalue weighted by atomic mass is 16.2. The van der Waals surface area contributed by atoms with Gasteiger partial charge in [-0.25, -0.2) is 0 Å². The number of amides is 1. The van der Waals surface area contributed by atoms with Gasteiger partial charge < -0.3 is 4.90 Å². The van der Waals surface area contributed by atoms with Gasteiger partial charge in [0.25, 0.3) is 0 Å². The molecule has 0 spiro atoms. The van der Waals surface area contributed by atoms with E-state index in [1.807, 2.05) is 36.5 Å². The summed E-state index contributed by atoms with van der Waals surface area (Å²) < 4.78 is 0. The maximum atomic E-state index is 12.6. The summed E-state index contributed by atoms with van der Waals surface area (Å²) in [5.74, 6) is 0.199. The Morgan fingerprint density at radius 1 is 1.35 bits per heavy atom. The number of likely N-dealkylation sites (tertiary alicyclic amines) is 1. The molecular formula is C19H25N3O. The van der Waals surface area contributed by atoms with E-state index in [4.69, 9.17) is 0 Å². The van der Waals surface area contributed by atoms with E-state index < -0.39 is 0 Å². The van der Waals surface area contributed by atoms with Gasteiger partial charge in [0.2, 0.25) is 5.91 Å². The van der Waals surface area contributed by atoms with E-state index in [9.17, 15) is 4.79 Å². The van der Waals surface area contributed by atoms with Crippen LogP contribution in [0.2, 0.25) is 0 Å². The molecule has 0 radical (unpaired) electrons. The summed E-state index contributed by atoms with van der Waals surface area (Å²) >= 11 is 0. The van der Waals surface area contributed by atoms with Crippen molar-refractivity contribution in [2.75, 3.05) is 20.1 Å². The Hall–Kier alpha value is -1.94. The topological polar surface area (TPSA) is 36.4 Å². The summed E-state index contributed by atoms with van der Waals surface area (Å²) in [7, 11) is 1.90. The first-order valence-electron chi connectivity index (χ1n) is 8.45. The molecular weight excluding hydrogens is 286 g/mol. The molecule has 1 saturated heterocycles. The molecule has 23 heavy (non-hydrogen) atoms. The zero-order chi connectivity index (χ0) is 16.2. The van der Waals surface area contributed by atoms with Crippen molar-refractivity contribution < 1.29 is 4.79 Å². The predicted molar refractivity (Wildman–Crippen MR) is 93.1 cm³/mol. The number of benzene rings is 1. The first kappa shape index (κ1) is 15.9. The van der Waals surface area contributed by atoms with Gasteiger partial charge in [0.05, 0.1) is 6.54 Å². The van der Waals surface area contributed by atoms with Crippen LogP contribution < -0.4 is 0 Å². The number of fused-ring (bicyclic) bond motifs is 1. The van der Waals surface area contributed by atoms with Crippen molar-refractivity contribution in [2.45, 2.75) is 38.8 Å². The number of aromatic nitrogens is 1. The molecule has 1 amide bonds. The largest absolute Gasteiger partial charge is 0.340 e. The van der Waals surface area contributed by atoms with E-state index in [1.54, 1.807) is 0 Å². The third-order valence-corrected chi connectivity index (χ3v) is 4.88. The van der Waals surface area contributed by atoms with Crippen molar-refractivity contribution in [3.8, 4) is 0 Å². The maximum absolute atomic E-state index is 12.6. The second-order valence-corrected chi connectivity index (χ2v) is 6.58. The minimum absolute atomic E-state index is 0.199. The molecule has 1 fully saturated rings. The van der Waals surface area contributed by atoms with Gasteiger partial charge in [-0.1, -0.05) is 24.6 Å². The highest BCUT2D eigenvalue weighted by Crippen LogP contribution is 2.20. The molecule has 0 aliphatic carbocycles. The van der Waals surface area contributed by atoms with Crippen molar-refractivity contribution in [1.82, 2.24) is 14.8 Å². The standard InChI is InChI=1S/C19H25N3O/c1-15-6-3-4-11-22(15)14-19(23)21(2)13-17-8-5-7-16-12-20-10-9-18(16)17/h5,7-10,12,15H,3-4,6,11,13-14H2,1-2H3. The molecule has 4 nitrogen and oxygen atoms in total. The lowest BCUT2D eigenvalue weighted by Crippen LogP contribution is -2.44. The monoisotopic (exact) mass is 311 g/mol. The first-order valence-corrected chi connectivity index (χ1v) is 8.45. The van der Waals surface area contributed by atoms with E-state index in [0.717, 1.165) is 11.9 Å². The molecule has 1 aliphatic heterocycles. The van der Waals surface area contributed by atoms with Gasteiger partial charge in [-0.2, -0.15) is 0 Å². The smallest absolute Gasteiger partial charge is 0.236 e. The number of nitrogens with zero attached hydrogens (tertiary/aromatic N) is 3. The number of rotatable bonds is 4. The highest BCUT2D eigenvalue weighted by Gasteiger charge is 2.22. The van der Waals surface area contributed by atoms with Crippen LogP contribution >= 0.6 is 0 Å². The SMILES string of the molecule is CC1CCCCN1CC(=O)N(C)Cc1cccc2cnccc12. The number of pyridine rings is 1. The normalized spacial score (nSPS) is 19.0. The van der Waals surface area contributed by atoms with E-state index in [-0.39, 0.29) is 5.91 Å². The second kappa shape index (κ2) is 7.09. The van der Waals surface area contributed by atoms with Crippen molar-refractivity contribution in [1.29, 1.82) is 0 Å². The molecule has 2 aromatic rings. The van der Waals surface area contributed by atoms with Crippen LogP contribution in [0.25, 0.3) is 10.8 Å². The van der Waals surface area contributed by atoms with Crippen LogP contribution in [0.5, 0.6) is 0 Å². The Morgan fingerprint density at radius 3 is 3.04 bits per heavy atom. The average Bonchev–Trinajstić information content (AvgIpc) is 2.57. The molecule has 0 N–H and O–H groups in total. The van der Waals surface area contributed by atoms with Crippen LogP contribution in [-0.4, -0.2) is 46.9 Å². The molecule has 1 unspecified atom stereocenters. The van der Waals surface area contributed by atoms with Crippen LogP contribution in [-0.2, 0) is 11.3 Å². The number of carbonyl (C=O) groups excluding carboxylic acids is 1. The van der Waals surface area contributed by atoms with Crippen LogP contribution in [0, 0.1) is 0 Å². The van der Waals surface area contributed by atoms with E-state index in [0.29, 0.717) is 19.1 Å². The Bertz CT molecular complexity index is 680. The summed E-state index contributed by atoms with van der Waals surface area (Å²) in [5, 5.41) is 2.30. The summed E-state index contributed by atoms with van der Waals surface area (Å²) in [6.45, 7) is 4.44. The number of hydrogen-bond acceptors (Lipinski definition) is 3. The molecule has 1 atom stereocenters. The molecule has 122 valence electrons. The van der Waals surface area contributed by atoms with Gasteiger partial charge in [-0.15, -0.1) is 0 Å². The molecule has 4 heteroatoms. The zero-order valence-electron chi connectivity index (χ0n) is 14.0. The third-order valence-electron chi connectivity index (χ3n) is 4.88. The van der Waals surface area contributed by atoms with Gasteiger partial charge in [0, 0.05) is 37.4 Å². The summed E-state index contributed by atoms with van der Waals surface area (Å²) in [6, 6.07) is 8.73. The fourth-order valence-corrected chi connectivity index (χ4v) is 3.36. The van der Waals surface area contributed by atoms with Crippen LogP contribution in [0.15, 0.2) is 36.7 Å². The highest BCUT2D eigenvalue weighted by molar-refractivity contribution is 5.85. The van der Waals surface area contributed by atoms with Gasteiger partial charge in [0.15, 0.2) is 0 Å². The summed E-state index contributed by atoms with van der Waals surface area (Å²) in [6.07, 6.45) is 7.37. The summed E-state index contributed by atoms with van der Waals surface area (Å²) in [5.41, 5.74) is 1.17. The van der Waals surface area contributed by atoms with E-state index >= 15 is 0 Å². The first-order chi connectivity index (χ1) is 11.1. The molecule has 1 aromatic heterocycles. The fraction of sp³-hybridized carbons (Fsp3) is 0.474. The van der Waals surface area contributed by atoms with Gasteiger partial charge in [-0.05, 0) is 43.3 Å². The number of hydrogen-bond donors (Lipinski definition) is 0. The van der Waals surface area contributed by atoms with E-state index in [2.05, 4.69) is 28.9 Å². The molecule has 3 rings (SSSR count). The molecule has 0 saturated carbocycles. The van der Waals surface area contributed by atoms with Crippen molar-refractivity contribution in [3.63, 3.8) is 0 Å². The van der Waals surface area contributed by atoms with Gasteiger partial charge in [-0.3, -0.25) is 14.7 Å². The van der Waals surface area contributed by atoms with Crippen LogP contribution in [0.3, 0.4) is 0 Å². The Labute approximate surface area is 138 Å². The Balaban J connectivity index is 1.68. The minimum atomic E-state index is 0.199. The lowest BCUT2D eigenvalue weighted by Gasteiger charge is -2.33. The molecule has 0 bridgehead atoms. The number of carbonyl (C=O) groups is 1. The Morgan fingerprint density at radius 2 is 2.22 bits per heavy atom. The predicted octanol–water partition coefficient (Wildman–Crippen LogP) is 3.07. The maximum Gasteiger partial charge on any atom is 0.236 e. The lowest BCUT2D eigenvalue weighted by molar-refractivity contribution is -0.132. The number of likely N-dealkylation sites (N-methyl/N-ethyl adjacent to an activating group) is 1. The Kier molecular flexibility index (Phi) is 4.91. The van der Waals surface area contributed by atoms with Crippen molar-refractivity contribution in [2.24, 2.45) is 0 Å². The minimum Gasteiger partial charge on any atom is -0.340 e. The quantitative estimate of drug-likeness (QED) is 0.870. The van der Waals surface area contributed by atoms with Crippen LogP contribution in [0.1, 0.15) is 31.7 Å². The summed E-state index contributed by atoms with van der Waals surface area (Å²) in [4.78, 5) is 20.9. The number of piperidine rings is 1. The third kappa shape index (κ3) is 3.70. The van der Waals surface area contributed by atoms with Gasteiger partial charge >= 0.3 is 0 Å². The molecule has 1 aromatic carbocycles. The van der Waals surface area contributed by atoms with Crippen molar-refractivity contribution in [3.05, 3.63) is 42.2 Å². The molecule has 1 aliphatic rings. The van der Waals surface area contributed by atoms with Crippen molar-refractivity contribution >= 4 is 16.7 Å². The average molecular weight is 311 g/mol. The van der Waals surface area contributed by atoms with Crippen LogP contribution in [0.4, 0.5) is 0 Å². The zero-order valence-corrected chi connectivity index (χ0v) is 14.0. The van der Waals surface area contributed by atoms with Gasteiger partial charge in [0.1, 0.15) is 0 Å². The van der Waals surface area contributed by atoms with E-state index in [1.165, 1.54) is 30.2 Å². The lowest BCUT2D eigenvalue weighted by atomic mass is 10.0. The fourth-order valence-electron chi connectivity index (χ4n) is 3.36. The second-order valence-electron chi connectivity index (χ2n) is 6.58. The molecule has 2 heterocycles.